The molecule has 4 heteroatoms. The van der Waals surface area contributed by atoms with Gasteiger partial charge in [0.2, 0.25) is 0 Å². The summed E-state index contributed by atoms with van der Waals surface area (Å²) in [4.78, 5) is 11.1. The summed E-state index contributed by atoms with van der Waals surface area (Å²) in [5.41, 5.74) is 3.22. The third-order valence-electron chi connectivity index (χ3n) is 2.83. The van der Waals surface area contributed by atoms with Crippen LogP contribution in [-0.4, -0.2) is 12.6 Å². The molecule has 0 N–H and O–H groups in total. The second-order valence-electron chi connectivity index (χ2n) is 4.74. The predicted molar refractivity (Wildman–Crippen MR) is 78.8 cm³/mol. The minimum absolute atomic E-state index is 0.0341. The number of carbonyl (C=O) groups excluding carboxylic acids is 1. The number of esters is 1. The first-order valence-corrected chi connectivity index (χ1v) is 7.87. The average Bonchev–Trinajstić information content (AvgIpc) is 2.39. The molecule has 0 saturated carbocycles. The Kier molecular flexibility index (Phi) is 13.1. The Bertz CT molecular complexity index is 357. The first-order valence-electron chi connectivity index (χ1n) is 7.06. The summed E-state index contributed by atoms with van der Waals surface area (Å²) in [6.07, 6.45) is 10.1. The number of hydrogen-bond donors (Lipinski definition) is 0. The van der Waals surface area contributed by atoms with Crippen LogP contribution in [-0.2, 0) is 14.1 Å². The van der Waals surface area contributed by atoms with Crippen LogP contribution < -0.4 is 0 Å². The van der Waals surface area contributed by atoms with Gasteiger partial charge in [0.1, 0.15) is 0 Å². The van der Waals surface area contributed by atoms with E-state index in [1.165, 1.54) is 32.1 Å². The molecule has 0 fully saturated rings. The van der Waals surface area contributed by atoms with Gasteiger partial charge in [0.15, 0.2) is 0 Å². The zero-order chi connectivity index (χ0) is 14.3. The van der Waals surface area contributed by atoms with Crippen molar-refractivity contribution in [2.75, 3.05) is 6.61 Å². The van der Waals surface area contributed by atoms with Crippen LogP contribution in [0.1, 0.15) is 64.7 Å². The summed E-state index contributed by atoms with van der Waals surface area (Å²) in [5.74, 6) is -0.286. The van der Waals surface area contributed by atoms with Gasteiger partial charge in [-0.1, -0.05) is 6.58 Å². The fourth-order valence-corrected chi connectivity index (χ4v) is 1.95. The van der Waals surface area contributed by atoms with Crippen molar-refractivity contribution in [2.24, 2.45) is 0 Å². The second-order valence-corrected chi connectivity index (χ2v) is 5.24. The van der Waals surface area contributed by atoms with E-state index < -0.39 is 0 Å². The molecule has 0 aliphatic rings. The van der Waals surface area contributed by atoms with Crippen LogP contribution in [0.5, 0.6) is 0 Å². The molecule has 0 spiro atoms. The van der Waals surface area contributed by atoms with Crippen LogP contribution in [0.4, 0.5) is 0 Å². The molecule has 0 aromatic carbocycles. The van der Waals surface area contributed by atoms with E-state index in [0.717, 1.165) is 25.7 Å². The fourth-order valence-electron chi connectivity index (χ4n) is 1.70. The van der Waals surface area contributed by atoms with E-state index in [1.54, 1.807) is 6.92 Å². The van der Waals surface area contributed by atoms with Gasteiger partial charge in [0.25, 0.3) is 0 Å². The van der Waals surface area contributed by atoms with Crippen molar-refractivity contribution in [2.45, 2.75) is 64.7 Å². The van der Waals surface area contributed by atoms with Gasteiger partial charge in [0.05, 0.1) is 0 Å². The summed E-state index contributed by atoms with van der Waals surface area (Å²) in [7, 11) is 0.0341. The molecular weight excluding hydrogens is 259 g/mol. The van der Waals surface area contributed by atoms with Gasteiger partial charge >= 0.3 is 93.2 Å². The topological polar surface area (TPSA) is 43.4 Å². The number of ether oxygens (including phenoxy) is 1. The Morgan fingerprint density at radius 2 is 1.58 bits per heavy atom. The van der Waals surface area contributed by atoms with Gasteiger partial charge in [-0.15, -0.1) is 0 Å². The molecule has 3 nitrogen and oxygen atoms in total. The van der Waals surface area contributed by atoms with Crippen molar-refractivity contribution in [3.8, 4) is 5.63 Å². The van der Waals surface area contributed by atoms with E-state index in [9.17, 15) is 9.36 Å². The van der Waals surface area contributed by atoms with Gasteiger partial charge in [-0.05, 0) is 6.92 Å². The van der Waals surface area contributed by atoms with Gasteiger partial charge in [-0.2, -0.15) is 0 Å². The average molecular weight is 284 g/mol. The summed E-state index contributed by atoms with van der Waals surface area (Å²) in [6, 6.07) is 0. The Morgan fingerprint density at radius 3 is 2.11 bits per heavy atom. The molecule has 0 bridgehead atoms. The van der Waals surface area contributed by atoms with Gasteiger partial charge in [-0.25, -0.2) is 4.79 Å². The van der Waals surface area contributed by atoms with Crippen LogP contribution in [0.15, 0.2) is 12.2 Å². The van der Waals surface area contributed by atoms with E-state index in [0.29, 0.717) is 12.2 Å². The normalized spacial score (nSPS) is 9.74. The molecule has 0 saturated heterocycles. The molecule has 0 radical (unpaired) electrons. The molecule has 0 heterocycles. The van der Waals surface area contributed by atoms with Crippen molar-refractivity contribution in [1.82, 2.24) is 0 Å². The van der Waals surface area contributed by atoms with Gasteiger partial charge in [-0.3, -0.25) is 0 Å². The van der Waals surface area contributed by atoms with E-state index in [1.807, 2.05) is 0 Å². The SMILES string of the molecule is C=C(C)C(=O)OCCCCCCCCCCC#P=O. The van der Waals surface area contributed by atoms with E-state index >= 15 is 0 Å². The van der Waals surface area contributed by atoms with Crippen LogP contribution in [0.3, 0.4) is 0 Å². The molecule has 0 aliphatic carbocycles. The summed E-state index contributed by atoms with van der Waals surface area (Å²) in [6.45, 7) is 5.70. The summed E-state index contributed by atoms with van der Waals surface area (Å²) >= 11 is 0. The molecule has 0 unspecified atom stereocenters. The maximum atomic E-state index is 11.1. The molecule has 0 rings (SSSR count). The third-order valence-corrected chi connectivity index (χ3v) is 3.18. The van der Waals surface area contributed by atoms with E-state index in [2.05, 4.69) is 12.2 Å². The van der Waals surface area contributed by atoms with Crippen LogP contribution >= 0.6 is 7.92 Å². The molecule has 0 atom stereocenters. The molecule has 19 heavy (non-hydrogen) atoms. The quantitative estimate of drug-likeness (QED) is 0.235. The maximum absolute atomic E-state index is 11.1. The zero-order valence-corrected chi connectivity index (χ0v) is 12.8. The molecule has 0 aromatic heterocycles. The second kappa shape index (κ2) is 13.6. The Labute approximate surface area is 117 Å². The predicted octanol–water partition coefficient (Wildman–Crippen LogP) is 4.87. The molecular formula is C15H25O3P. The van der Waals surface area contributed by atoms with Gasteiger partial charge in [0, 0.05) is 5.57 Å². The van der Waals surface area contributed by atoms with E-state index in [4.69, 9.17) is 4.74 Å². The third kappa shape index (κ3) is 13.5. The Morgan fingerprint density at radius 1 is 1.05 bits per heavy atom. The fraction of sp³-hybridized carbons (Fsp3) is 0.733. The molecule has 0 aromatic rings. The Hall–Kier alpha value is -0.780. The van der Waals surface area contributed by atoms with Crippen LogP contribution in [0, 0.1) is 5.63 Å². The molecule has 108 valence electrons. The summed E-state index contributed by atoms with van der Waals surface area (Å²) < 4.78 is 15.1. The molecule has 0 amide bonds. The van der Waals surface area contributed by atoms with Crippen molar-refractivity contribution in [3.05, 3.63) is 12.2 Å². The number of carbonyl (C=O) groups is 1. The minimum atomic E-state index is -0.286. The first kappa shape index (κ1) is 18.2. The van der Waals surface area contributed by atoms with Crippen LogP contribution in [0.25, 0.3) is 0 Å². The van der Waals surface area contributed by atoms with Crippen molar-refractivity contribution in [1.29, 1.82) is 0 Å². The molecule has 0 aliphatic heterocycles. The number of rotatable bonds is 11. The standard InChI is InChI=1S/C15H25O3P/c1-14(2)15(16)18-12-10-8-6-4-3-5-7-9-11-13-19-17/h1,3-12H2,2H3. The van der Waals surface area contributed by atoms with E-state index in [-0.39, 0.29) is 13.9 Å². The first-order chi connectivity index (χ1) is 9.18. The van der Waals surface area contributed by atoms with Crippen molar-refractivity contribution >= 4 is 13.9 Å². The monoisotopic (exact) mass is 284 g/mol. The van der Waals surface area contributed by atoms with Gasteiger partial charge < -0.3 is 0 Å². The summed E-state index contributed by atoms with van der Waals surface area (Å²) in [5, 5.41) is 0. The number of unbranched alkanes of at least 4 members (excludes halogenated alkanes) is 8. The van der Waals surface area contributed by atoms with Crippen LogP contribution in [0.2, 0.25) is 0 Å². The number of hydrogen-bond acceptors (Lipinski definition) is 3. The van der Waals surface area contributed by atoms with Crippen molar-refractivity contribution < 1.29 is 14.1 Å². The zero-order valence-electron chi connectivity index (χ0n) is 12.0. The Balaban J connectivity index is 3.14. The van der Waals surface area contributed by atoms with Crippen molar-refractivity contribution in [3.63, 3.8) is 0 Å².